The Morgan fingerprint density at radius 2 is 2.07 bits per heavy atom. The van der Waals surface area contributed by atoms with Crippen molar-refractivity contribution in [2.24, 2.45) is 5.92 Å². The zero-order valence-electron chi connectivity index (χ0n) is 16.6. The molecule has 0 N–H and O–H groups in total. The Bertz CT molecular complexity index is 758. The molecule has 1 aromatic carbocycles. The van der Waals surface area contributed by atoms with Gasteiger partial charge in [-0.05, 0) is 67.8 Å². The van der Waals surface area contributed by atoms with E-state index in [2.05, 4.69) is 23.1 Å². The van der Waals surface area contributed by atoms with Gasteiger partial charge in [-0.25, -0.2) is 0 Å². The summed E-state index contributed by atoms with van der Waals surface area (Å²) in [6.07, 6.45) is 8.30. The van der Waals surface area contributed by atoms with Crippen LogP contribution in [0.15, 0.2) is 18.2 Å². The fourth-order valence-electron chi connectivity index (χ4n) is 6.63. The van der Waals surface area contributed by atoms with Gasteiger partial charge in [-0.2, -0.15) is 0 Å². The third-order valence-electron chi connectivity index (χ3n) is 8.22. The van der Waals surface area contributed by atoms with Crippen molar-refractivity contribution in [3.05, 3.63) is 29.3 Å². The van der Waals surface area contributed by atoms with Crippen molar-refractivity contribution in [3.8, 4) is 5.75 Å². The molecule has 0 aromatic heterocycles. The van der Waals surface area contributed by atoms with E-state index in [1.54, 1.807) is 7.11 Å². The second kappa shape index (κ2) is 6.31. The highest BCUT2D eigenvalue weighted by Crippen LogP contribution is 2.59. The van der Waals surface area contributed by atoms with E-state index in [1.807, 2.05) is 7.11 Å². The summed E-state index contributed by atoms with van der Waals surface area (Å²) < 4.78 is 12.0. The molecule has 4 aliphatic rings. The van der Waals surface area contributed by atoms with Crippen LogP contribution in [0.2, 0.25) is 0 Å². The summed E-state index contributed by atoms with van der Waals surface area (Å²) in [6, 6.07) is 6.88. The number of carbonyl (C=O) groups excluding carboxylic acids is 1. The number of likely N-dealkylation sites (tertiary alicyclic amines) is 1. The molecule has 4 nitrogen and oxygen atoms in total. The first-order valence-electron chi connectivity index (χ1n) is 10.6. The Morgan fingerprint density at radius 3 is 2.78 bits per heavy atom. The van der Waals surface area contributed by atoms with Crippen LogP contribution in [0, 0.1) is 5.92 Å². The highest BCUT2D eigenvalue weighted by Gasteiger charge is 2.65. The van der Waals surface area contributed by atoms with Gasteiger partial charge in [0.1, 0.15) is 11.5 Å². The number of Topliss-reactive ketones (excluding diaryl/α,β-unsaturated/α-hetero) is 1. The molecular weight excluding hydrogens is 338 g/mol. The van der Waals surface area contributed by atoms with Crippen molar-refractivity contribution < 1.29 is 14.3 Å². The molecule has 3 fully saturated rings. The molecular formula is C23H31NO3. The first kappa shape index (κ1) is 17.7. The zero-order valence-corrected chi connectivity index (χ0v) is 16.6. The second-order valence-corrected chi connectivity index (χ2v) is 9.18. The average Bonchev–Trinajstić information content (AvgIpc) is 2.65. The van der Waals surface area contributed by atoms with Gasteiger partial charge in [0.2, 0.25) is 0 Å². The predicted molar refractivity (Wildman–Crippen MR) is 104 cm³/mol. The maximum absolute atomic E-state index is 12.6. The van der Waals surface area contributed by atoms with Gasteiger partial charge in [-0.15, -0.1) is 0 Å². The molecule has 3 atom stereocenters. The highest BCUT2D eigenvalue weighted by molar-refractivity contribution is 5.82. The number of methoxy groups -OCH3 is 2. The van der Waals surface area contributed by atoms with Crippen LogP contribution in [0.3, 0.4) is 0 Å². The molecule has 1 aromatic rings. The van der Waals surface area contributed by atoms with Crippen LogP contribution in [-0.4, -0.2) is 49.6 Å². The highest BCUT2D eigenvalue weighted by atomic mass is 16.5. The molecule has 1 saturated heterocycles. The van der Waals surface area contributed by atoms with Gasteiger partial charge in [-0.1, -0.05) is 12.5 Å². The van der Waals surface area contributed by atoms with E-state index in [0.717, 1.165) is 37.5 Å². The molecule has 4 heteroatoms. The molecule has 0 amide bonds. The Kier molecular flexibility index (Phi) is 4.14. The monoisotopic (exact) mass is 369 g/mol. The lowest BCUT2D eigenvalue weighted by Gasteiger charge is -2.65. The van der Waals surface area contributed by atoms with Crippen LogP contribution in [-0.2, 0) is 21.4 Å². The standard InChI is InChI=1S/C23H31NO3/c1-26-19-7-6-17-12-21-23(27-2)9-8-18(25)14-22(23,20(17)13-19)10-11-24(21)15-16-4-3-5-16/h6-7,13,16,21H,3-5,8-12,14-15H2,1-2H3/t21-,22-,23-/m1/s1. The smallest absolute Gasteiger partial charge is 0.134 e. The zero-order chi connectivity index (χ0) is 18.6. The molecule has 1 heterocycles. The Balaban J connectivity index is 1.63. The molecule has 0 spiro atoms. The van der Waals surface area contributed by atoms with E-state index >= 15 is 0 Å². The maximum atomic E-state index is 12.6. The average molecular weight is 370 g/mol. The van der Waals surface area contributed by atoms with E-state index in [0.29, 0.717) is 24.7 Å². The molecule has 5 rings (SSSR count). The molecule has 0 radical (unpaired) electrons. The summed E-state index contributed by atoms with van der Waals surface area (Å²) in [5, 5.41) is 0. The van der Waals surface area contributed by atoms with Crippen LogP contribution in [0.25, 0.3) is 0 Å². The van der Waals surface area contributed by atoms with Gasteiger partial charge < -0.3 is 9.47 Å². The minimum Gasteiger partial charge on any atom is -0.497 e. The van der Waals surface area contributed by atoms with Crippen LogP contribution < -0.4 is 4.74 Å². The van der Waals surface area contributed by atoms with Gasteiger partial charge in [0, 0.05) is 38.0 Å². The van der Waals surface area contributed by atoms with Crippen molar-refractivity contribution in [1.29, 1.82) is 0 Å². The number of hydrogen-bond acceptors (Lipinski definition) is 4. The molecule has 3 aliphatic carbocycles. The lowest BCUT2D eigenvalue weighted by atomic mass is 9.49. The van der Waals surface area contributed by atoms with Crippen molar-refractivity contribution in [2.75, 3.05) is 27.3 Å². The number of nitrogens with zero attached hydrogens (tertiary/aromatic N) is 1. The summed E-state index contributed by atoms with van der Waals surface area (Å²) in [4.78, 5) is 15.4. The number of hydrogen-bond donors (Lipinski definition) is 0. The quantitative estimate of drug-likeness (QED) is 0.814. The summed E-state index contributed by atoms with van der Waals surface area (Å²) in [6.45, 7) is 2.28. The fourth-order valence-corrected chi connectivity index (χ4v) is 6.63. The fraction of sp³-hybridized carbons (Fsp3) is 0.696. The van der Waals surface area contributed by atoms with Gasteiger partial charge in [-0.3, -0.25) is 9.69 Å². The first-order valence-corrected chi connectivity index (χ1v) is 10.6. The van der Waals surface area contributed by atoms with E-state index in [9.17, 15) is 4.79 Å². The van der Waals surface area contributed by atoms with Crippen LogP contribution >= 0.6 is 0 Å². The molecule has 2 saturated carbocycles. The Labute approximate surface area is 162 Å². The number of ether oxygens (including phenoxy) is 2. The van der Waals surface area contributed by atoms with E-state index in [4.69, 9.17) is 9.47 Å². The molecule has 146 valence electrons. The Hall–Kier alpha value is -1.39. The first-order chi connectivity index (χ1) is 13.1. The summed E-state index contributed by atoms with van der Waals surface area (Å²) in [7, 11) is 3.61. The minimum absolute atomic E-state index is 0.194. The number of carbonyl (C=O) groups is 1. The minimum atomic E-state index is -0.248. The van der Waals surface area contributed by atoms with Gasteiger partial charge in [0.05, 0.1) is 12.7 Å². The van der Waals surface area contributed by atoms with E-state index in [1.165, 1.54) is 36.9 Å². The van der Waals surface area contributed by atoms with Gasteiger partial charge in [0.15, 0.2) is 0 Å². The van der Waals surface area contributed by atoms with Crippen molar-refractivity contribution in [3.63, 3.8) is 0 Å². The number of fused-ring (bicyclic) bond motifs is 1. The molecule has 2 bridgehead atoms. The van der Waals surface area contributed by atoms with Gasteiger partial charge in [0.25, 0.3) is 0 Å². The maximum Gasteiger partial charge on any atom is 0.134 e. The second-order valence-electron chi connectivity index (χ2n) is 9.18. The van der Waals surface area contributed by atoms with Crippen LogP contribution in [0.4, 0.5) is 0 Å². The topological polar surface area (TPSA) is 38.8 Å². The summed E-state index contributed by atoms with van der Waals surface area (Å²) >= 11 is 0. The molecule has 1 aliphatic heterocycles. The lowest BCUT2D eigenvalue weighted by molar-refractivity contribution is -0.189. The largest absolute Gasteiger partial charge is 0.497 e. The van der Waals surface area contributed by atoms with E-state index in [-0.39, 0.29) is 11.0 Å². The number of ketones is 1. The normalized spacial score (nSPS) is 35.9. The molecule has 0 unspecified atom stereocenters. The van der Waals surface area contributed by atoms with Crippen LogP contribution in [0.5, 0.6) is 5.75 Å². The SMILES string of the molecule is COc1ccc2c(c1)[C@]13CCN(CC4CCC4)[C@H](C2)[C@]1(OC)CCC(=O)C3. The number of benzene rings is 1. The Morgan fingerprint density at radius 1 is 1.22 bits per heavy atom. The number of piperidine rings is 1. The van der Waals surface area contributed by atoms with Gasteiger partial charge >= 0.3 is 0 Å². The predicted octanol–water partition coefficient (Wildman–Crippen LogP) is 3.50. The molecule has 27 heavy (non-hydrogen) atoms. The van der Waals surface area contributed by atoms with Crippen molar-refractivity contribution in [1.82, 2.24) is 4.90 Å². The van der Waals surface area contributed by atoms with Crippen LogP contribution in [0.1, 0.15) is 56.1 Å². The summed E-state index contributed by atoms with van der Waals surface area (Å²) in [5.41, 5.74) is 2.26. The van der Waals surface area contributed by atoms with Crippen molar-refractivity contribution in [2.45, 2.75) is 68.4 Å². The van der Waals surface area contributed by atoms with Crippen molar-refractivity contribution >= 4 is 5.78 Å². The number of rotatable bonds is 4. The summed E-state index contributed by atoms with van der Waals surface area (Å²) in [5.74, 6) is 2.14. The lowest BCUT2D eigenvalue weighted by Crippen LogP contribution is -2.74. The third-order valence-corrected chi connectivity index (χ3v) is 8.22. The third kappa shape index (κ3) is 2.39. The van der Waals surface area contributed by atoms with E-state index < -0.39 is 0 Å².